The van der Waals surface area contributed by atoms with Crippen LogP contribution in [0.4, 0.5) is 4.39 Å². The molecule has 0 radical (unpaired) electrons. The van der Waals surface area contributed by atoms with Gasteiger partial charge in [-0.2, -0.15) is 0 Å². The predicted octanol–water partition coefficient (Wildman–Crippen LogP) is 5.47. The number of aryl methyl sites for hydroxylation is 2. The average Bonchev–Trinajstić information content (AvgIpc) is 2.40. The van der Waals surface area contributed by atoms with E-state index >= 15 is 0 Å². The molecule has 1 aromatic heterocycles. The van der Waals surface area contributed by atoms with E-state index in [1.54, 1.807) is 6.07 Å². The van der Waals surface area contributed by atoms with Gasteiger partial charge >= 0.3 is 0 Å². The Balaban J connectivity index is 2.36. The zero-order chi connectivity index (χ0) is 15.1. The van der Waals surface area contributed by atoms with Crippen molar-refractivity contribution in [3.05, 3.63) is 56.9 Å². The largest absolute Gasteiger partial charge is 0.225 e. The normalized spacial score (nSPS) is 11.1. The number of benzene rings is 2. The van der Waals surface area contributed by atoms with Crippen LogP contribution >= 0.6 is 27.5 Å². The molecule has 0 amide bonds. The second kappa shape index (κ2) is 5.35. The molecule has 106 valence electrons. The topological polar surface area (TPSA) is 25.8 Å². The highest BCUT2D eigenvalue weighted by molar-refractivity contribution is 9.10. The number of hydrogen-bond donors (Lipinski definition) is 0. The van der Waals surface area contributed by atoms with Crippen molar-refractivity contribution in [3.63, 3.8) is 0 Å². The smallest absolute Gasteiger partial charge is 0.162 e. The van der Waals surface area contributed by atoms with Crippen LogP contribution in [0.3, 0.4) is 0 Å². The Kier molecular flexibility index (Phi) is 3.68. The first kappa shape index (κ1) is 14.4. The molecule has 0 N–H and O–H groups in total. The molecule has 0 saturated heterocycles. The molecular weight excluding hydrogens is 355 g/mol. The average molecular weight is 366 g/mol. The molecule has 0 bridgehead atoms. The van der Waals surface area contributed by atoms with Crippen LogP contribution in [-0.4, -0.2) is 9.97 Å². The van der Waals surface area contributed by atoms with Crippen LogP contribution in [0, 0.1) is 19.7 Å². The van der Waals surface area contributed by atoms with Gasteiger partial charge in [-0.25, -0.2) is 14.4 Å². The number of halogens is 3. The lowest BCUT2D eigenvalue weighted by Crippen LogP contribution is -1.97. The van der Waals surface area contributed by atoms with Gasteiger partial charge in [0.1, 0.15) is 10.7 Å². The molecule has 0 aliphatic rings. The molecule has 2 nitrogen and oxygen atoms in total. The first-order valence-electron chi connectivity index (χ1n) is 6.36. The maximum atomic E-state index is 14.1. The van der Waals surface area contributed by atoms with Gasteiger partial charge in [-0.15, -0.1) is 0 Å². The van der Waals surface area contributed by atoms with Crippen LogP contribution in [-0.2, 0) is 0 Å². The number of nitrogens with zero attached hydrogens (tertiary/aromatic N) is 2. The van der Waals surface area contributed by atoms with E-state index in [0.29, 0.717) is 15.7 Å². The fraction of sp³-hybridized carbons (Fsp3) is 0.125. The molecule has 1 heterocycles. The van der Waals surface area contributed by atoms with E-state index in [4.69, 9.17) is 11.6 Å². The van der Waals surface area contributed by atoms with Crippen LogP contribution < -0.4 is 0 Å². The Morgan fingerprint density at radius 1 is 1.10 bits per heavy atom. The van der Waals surface area contributed by atoms with Crippen molar-refractivity contribution in [3.8, 4) is 11.4 Å². The second-order valence-electron chi connectivity index (χ2n) is 4.89. The monoisotopic (exact) mass is 364 g/mol. The Morgan fingerprint density at radius 3 is 2.43 bits per heavy atom. The summed E-state index contributed by atoms with van der Waals surface area (Å²) >= 11 is 9.47. The summed E-state index contributed by atoms with van der Waals surface area (Å²) in [4.78, 5) is 8.72. The molecule has 3 aromatic rings. The molecule has 2 aromatic carbocycles. The fourth-order valence-corrected chi connectivity index (χ4v) is 3.05. The van der Waals surface area contributed by atoms with Gasteiger partial charge < -0.3 is 0 Å². The maximum Gasteiger partial charge on any atom is 0.162 e. The molecule has 0 aliphatic heterocycles. The van der Waals surface area contributed by atoms with E-state index in [9.17, 15) is 4.39 Å². The molecule has 5 heteroatoms. The Bertz CT molecular complexity index is 844. The van der Waals surface area contributed by atoms with Gasteiger partial charge in [-0.1, -0.05) is 45.7 Å². The van der Waals surface area contributed by atoms with Crippen molar-refractivity contribution < 1.29 is 4.39 Å². The van der Waals surface area contributed by atoms with Crippen molar-refractivity contribution in [1.29, 1.82) is 0 Å². The van der Waals surface area contributed by atoms with Crippen molar-refractivity contribution in [2.75, 3.05) is 0 Å². The van der Waals surface area contributed by atoms with E-state index < -0.39 is 5.82 Å². The first-order chi connectivity index (χ1) is 9.97. The summed E-state index contributed by atoms with van der Waals surface area (Å²) in [6, 6.07) is 9.01. The highest BCUT2D eigenvalue weighted by Crippen LogP contribution is 2.31. The number of hydrogen-bond acceptors (Lipinski definition) is 2. The van der Waals surface area contributed by atoms with Crippen molar-refractivity contribution in [2.24, 2.45) is 0 Å². The van der Waals surface area contributed by atoms with E-state index in [1.165, 1.54) is 6.07 Å². The summed E-state index contributed by atoms with van der Waals surface area (Å²) < 4.78 is 14.8. The van der Waals surface area contributed by atoms with Crippen LogP contribution in [0.2, 0.25) is 5.15 Å². The van der Waals surface area contributed by atoms with E-state index in [0.717, 1.165) is 16.7 Å². The lowest BCUT2D eigenvalue weighted by molar-refractivity contribution is 0.636. The summed E-state index contributed by atoms with van der Waals surface area (Å²) in [5, 5.41) is 0.747. The van der Waals surface area contributed by atoms with E-state index in [-0.39, 0.29) is 10.7 Å². The summed E-state index contributed by atoms with van der Waals surface area (Å²) in [5.41, 5.74) is 3.19. The van der Waals surface area contributed by atoms with Gasteiger partial charge in [0.25, 0.3) is 0 Å². The lowest BCUT2D eigenvalue weighted by Gasteiger charge is -2.10. The molecule has 0 fully saturated rings. The first-order valence-corrected chi connectivity index (χ1v) is 7.53. The summed E-state index contributed by atoms with van der Waals surface area (Å²) in [7, 11) is 0. The summed E-state index contributed by atoms with van der Waals surface area (Å²) in [5.74, 6) is 0.0282. The van der Waals surface area contributed by atoms with Gasteiger partial charge in [0.05, 0.1) is 0 Å². The minimum absolute atomic E-state index is 0.232. The second-order valence-corrected chi connectivity index (χ2v) is 6.16. The minimum Gasteiger partial charge on any atom is -0.225 e. The standard InChI is InChI=1S/C16H11BrClFN2/c1-8-4-3-5-9(2)13(8)16-20-14-11(15(18)21-16)6-10(17)7-12(14)19/h3-7H,1-2H3. The van der Waals surface area contributed by atoms with Crippen molar-refractivity contribution in [1.82, 2.24) is 9.97 Å². The van der Waals surface area contributed by atoms with Crippen LogP contribution in [0.1, 0.15) is 11.1 Å². The molecule has 0 aliphatic carbocycles. The Hall–Kier alpha value is -1.52. The van der Waals surface area contributed by atoms with Crippen LogP contribution in [0.25, 0.3) is 22.3 Å². The lowest BCUT2D eigenvalue weighted by atomic mass is 10.0. The molecule has 0 atom stereocenters. The third kappa shape index (κ3) is 2.54. The molecule has 3 rings (SSSR count). The number of rotatable bonds is 1. The highest BCUT2D eigenvalue weighted by atomic mass is 79.9. The molecule has 0 spiro atoms. The number of aromatic nitrogens is 2. The molecule has 21 heavy (non-hydrogen) atoms. The summed E-state index contributed by atoms with van der Waals surface area (Å²) in [6.07, 6.45) is 0. The van der Waals surface area contributed by atoms with Crippen LogP contribution in [0.15, 0.2) is 34.8 Å². The van der Waals surface area contributed by atoms with Gasteiger partial charge in [0.2, 0.25) is 0 Å². The molecule has 0 saturated carbocycles. The van der Waals surface area contributed by atoms with E-state index in [2.05, 4.69) is 25.9 Å². The third-order valence-electron chi connectivity index (χ3n) is 3.38. The Labute approximate surface area is 135 Å². The van der Waals surface area contributed by atoms with Crippen molar-refractivity contribution in [2.45, 2.75) is 13.8 Å². The van der Waals surface area contributed by atoms with E-state index in [1.807, 2.05) is 32.0 Å². The maximum absolute atomic E-state index is 14.1. The predicted molar refractivity (Wildman–Crippen MR) is 87.1 cm³/mol. The fourth-order valence-electron chi connectivity index (χ4n) is 2.40. The van der Waals surface area contributed by atoms with Gasteiger partial charge in [0, 0.05) is 15.4 Å². The third-order valence-corrected chi connectivity index (χ3v) is 4.12. The van der Waals surface area contributed by atoms with Crippen LogP contribution in [0.5, 0.6) is 0 Å². The summed E-state index contributed by atoms with van der Waals surface area (Å²) in [6.45, 7) is 3.95. The van der Waals surface area contributed by atoms with Crippen molar-refractivity contribution >= 4 is 38.4 Å². The van der Waals surface area contributed by atoms with Gasteiger partial charge in [0.15, 0.2) is 11.6 Å². The highest BCUT2D eigenvalue weighted by Gasteiger charge is 2.15. The van der Waals surface area contributed by atoms with Gasteiger partial charge in [-0.05, 0) is 37.1 Å². The molecular formula is C16H11BrClFN2. The van der Waals surface area contributed by atoms with Gasteiger partial charge in [-0.3, -0.25) is 0 Å². The minimum atomic E-state index is -0.420. The zero-order valence-corrected chi connectivity index (χ0v) is 13.8. The molecule has 0 unspecified atom stereocenters. The zero-order valence-electron chi connectivity index (χ0n) is 11.4. The Morgan fingerprint density at radius 2 is 1.76 bits per heavy atom. The SMILES string of the molecule is Cc1cccc(C)c1-c1nc(Cl)c2cc(Br)cc(F)c2n1. The number of fused-ring (bicyclic) bond motifs is 1. The quantitative estimate of drug-likeness (QED) is 0.534.